The first-order chi connectivity index (χ1) is 10.6. The first-order valence-corrected chi connectivity index (χ1v) is 6.85. The molecule has 0 fully saturated rings. The Hall–Kier alpha value is -2.66. The molecule has 0 bridgehead atoms. The van der Waals surface area contributed by atoms with Crippen LogP contribution in [-0.2, 0) is 22.6 Å². The van der Waals surface area contributed by atoms with E-state index in [1.807, 2.05) is 12.1 Å². The number of benzene rings is 2. The second kappa shape index (κ2) is 7.38. The SMILES string of the molecule is COCc1cccc(C(=O)Nc2ccc(CC(N)=O)cc2)c1. The number of carbonyl (C=O) groups is 2. The molecule has 2 rings (SSSR count). The van der Waals surface area contributed by atoms with Crippen LogP contribution in [0.3, 0.4) is 0 Å². The van der Waals surface area contributed by atoms with Gasteiger partial charge in [-0.2, -0.15) is 0 Å². The van der Waals surface area contributed by atoms with Gasteiger partial charge in [0.2, 0.25) is 5.91 Å². The lowest BCUT2D eigenvalue weighted by molar-refractivity contribution is -0.117. The number of nitrogens with two attached hydrogens (primary N) is 1. The van der Waals surface area contributed by atoms with Crippen molar-refractivity contribution in [3.05, 3.63) is 65.2 Å². The average Bonchev–Trinajstić information content (AvgIpc) is 2.49. The lowest BCUT2D eigenvalue weighted by atomic mass is 10.1. The van der Waals surface area contributed by atoms with E-state index in [9.17, 15) is 9.59 Å². The normalized spacial score (nSPS) is 10.2. The van der Waals surface area contributed by atoms with Gasteiger partial charge in [0.05, 0.1) is 13.0 Å². The quantitative estimate of drug-likeness (QED) is 0.857. The maximum absolute atomic E-state index is 12.2. The van der Waals surface area contributed by atoms with E-state index in [1.54, 1.807) is 43.5 Å². The molecule has 2 amide bonds. The highest BCUT2D eigenvalue weighted by atomic mass is 16.5. The van der Waals surface area contributed by atoms with Crippen LogP contribution in [0.1, 0.15) is 21.5 Å². The largest absolute Gasteiger partial charge is 0.380 e. The summed E-state index contributed by atoms with van der Waals surface area (Å²) >= 11 is 0. The molecule has 0 spiro atoms. The third-order valence-corrected chi connectivity index (χ3v) is 3.09. The number of methoxy groups -OCH3 is 1. The van der Waals surface area contributed by atoms with Crippen molar-refractivity contribution >= 4 is 17.5 Å². The summed E-state index contributed by atoms with van der Waals surface area (Å²) in [7, 11) is 1.61. The first kappa shape index (κ1) is 15.7. The number of carbonyl (C=O) groups excluding carboxylic acids is 2. The van der Waals surface area contributed by atoms with Crippen LogP contribution in [0.15, 0.2) is 48.5 Å². The van der Waals surface area contributed by atoms with Crippen LogP contribution >= 0.6 is 0 Å². The molecule has 3 N–H and O–H groups in total. The third-order valence-electron chi connectivity index (χ3n) is 3.09. The monoisotopic (exact) mass is 298 g/mol. The van der Waals surface area contributed by atoms with Crippen molar-refractivity contribution in [2.75, 3.05) is 12.4 Å². The lowest BCUT2D eigenvalue weighted by Crippen LogP contribution is -2.14. The molecule has 0 atom stereocenters. The zero-order chi connectivity index (χ0) is 15.9. The molecular formula is C17H18N2O3. The number of nitrogens with one attached hydrogen (secondary N) is 1. The predicted octanol–water partition coefficient (Wildman–Crippen LogP) is 2.11. The average molecular weight is 298 g/mol. The van der Waals surface area contributed by atoms with Crippen molar-refractivity contribution < 1.29 is 14.3 Å². The van der Waals surface area contributed by atoms with Crippen molar-refractivity contribution in [1.29, 1.82) is 0 Å². The maximum atomic E-state index is 12.2. The number of anilines is 1. The van der Waals surface area contributed by atoms with Crippen molar-refractivity contribution in [3.8, 4) is 0 Å². The molecule has 114 valence electrons. The highest BCUT2D eigenvalue weighted by molar-refractivity contribution is 6.04. The van der Waals surface area contributed by atoms with Gasteiger partial charge < -0.3 is 15.8 Å². The van der Waals surface area contributed by atoms with Crippen molar-refractivity contribution in [3.63, 3.8) is 0 Å². The van der Waals surface area contributed by atoms with Crippen molar-refractivity contribution in [2.45, 2.75) is 13.0 Å². The van der Waals surface area contributed by atoms with Gasteiger partial charge >= 0.3 is 0 Å². The van der Waals surface area contributed by atoms with E-state index in [0.717, 1.165) is 11.1 Å². The van der Waals surface area contributed by atoms with Gasteiger partial charge in [0.25, 0.3) is 5.91 Å². The van der Waals surface area contributed by atoms with Gasteiger partial charge in [0.1, 0.15) is 0 Å². The highest BCUT2D eigenvalue weighted by Gasteiger charge is 2.07. The van der Waals surface area contributed by atoms with Crippen LogP contribution in [0.25, 0.3) is 0 Å². The van der Waals surface area contributed by atoms with E-state index < -0.39 is 0 Å². The Morgan fingerprint density at radius 2 is 1.82 bits per heavy atom. The van der Waals surface area contributed by atoms with E-state index in [-0.39, 0.29) is 18.2 Å². The predicted molar refractivity (Wildman–Crippen MR) is 84.4 cm³/mol. The molecule has 0 radical (unpaired) electrons. The summed E-state index contributed by atoms with van der Waals surface area (Å²) in [4.78, 5) is 23.1. The Balaban J connectivity index is 2.05. The number of hydrogen-bond donors (Lipinski definition) is 2. The van der Waals surface area contributed by atoms with Crippen LogP contribution in [-0.4, -0.2) is 18.9 Å². The van der Waals surface area contributed by atoms with Gasteiger partial charge in [-0.1, -0.05) is 24.3 Å². The van der Waals surface area contributed by atoms with Crippen LogP contribution in [0.5, 0.6) is 0 Å². The summed E-state index contributed by atoms with van der Waals surface area (Å²) in [5.41, 5.74) is 8.12. The second-order valence-corrected chi connectivity index (χ2v) is 4.93. The molecule has 5 heteroatoms. The van der Waals surface area contributed by atoms with Gasteiger partial charge in [-0.25, -0.2) is 0 Å². The minimum atomic E-state index is -0.383. The molecule has 0 saturated heterocycles. The van der Waals surface area contributed by atoms with Crippen LogP contribution in [0.4, 0.5) is 5.69 Å². The molecule has 2 aromatic carbocycles. The highest BCUT2D eigenvalue weighted by Crippen LogP contribution is 2.13. The van der Waals surface area contributed by atoms with Gasteiger partial charge in [-0.3, -0.25) is 9.59 Å². The molecule has 22 heavy (non-hydrogen) atoms. The molecule has 0 unspecified atom stereocenters. The summed E-state index contributed by atoms with van der Waals surface area (Å²) in [5.74, 6) is -0.577. The van der Waals surface area contributed by atoms with Gasteiger partial charge in [0.15, 0.2) is 0 Å². The Labute approximate surface area is 129 Å². The van der Waals surface area contributed by atoms with Crippen LogP contribution in [0.2, 0.25) is 0 Å². The lowest BCUT2D eigenvalue weighted by Gasteiger charge is -2.07. The van der Waals surface area contributed by atoms with Crippen molar-refractivity contribution in [2.24, 2.45) is 5.73 Å². The summed E-state index contributed by atoms with van der Waals surface area (Å²) < 4.78 is 5.06. The number of hydrogen-bond acceptors (Lipinski definition) is 3. The molecule has 0 saturated carbocycles. The maximum Gasteiger partial charge on any atom is 0.255 e. The Kier molecular flexibility index (Phi) is 5.27. The third kappa shape index (κ3) is 4.43. The number of primary amides is 1. The summed E-state index contributed by atoms with van der Waals surface area (Å²) in [5, 5.41) is 2.81. The zero-order valence-electron chi connectivity index (χ0n) is 12.3. The molecule has 0 aliphatic rings. The van der Waals surface area contributed by atoms with E-state index in [1.165, 1.54) is 0 Å². The molecular weight excluding hydrogens is 280 g/mol. The van der Waals surface area contributed by atoms with E-state index in [4.69, 9.17) is 10.5 Å². The second-order valence-electron chi connectivity index (χ2n) is 4.93. The molecule has 0 aliphatic heterocycles. The number of amides is 2. The molecule has 0 aromatic heterocycles. The zero-order valence-corrected chi connectivity index (χ0v) is 12.3. The smallest absolute Gasteiger partial charge is 0.255 e. The molecule has 2 aromatic rings. The first-order valence-electron chi connectivity index (χ1n) is 6.85. The van der Waals surface area contributed by atoms with E-state index >= 15 is 0 Å². The van der Waals surface area contributed by atoms with Gasteiger partial charge in [-0.15, -0.1) is 0 Å². The fraction of sp³-hybridized carbons (Fsp3) is 0.176. The topological polar surface area (TPSA) is 81.4 Å². The van der Waals surface area contributed by atoms with E-state index in [0.29, 0.717) is 17.9 Å². The summed E-state index contributed by atoms with van der Waals surface area (Å²) in [6.45, 7) is 0.461. The Morgan fingerprint density at radius 3 is 2.45 bits per heavy atom. The number of rotatable bonds is 6. The fourth-order valence-electron chi connectivity index (χ4n) is 2.08. The number of ether oxygens (including phenoxy) is 1. The molecule has 0 heterocycles. The molecule has 0 aliphatic carbocycles. The summed E-state index contributed by atoms with van der Waals surface area (Å²) in [6, 6.07) is 14.3. The minimum absolute atomic E-state index is 0.188. The van der Waals surface area contributed by atoms with Crippen molar-refractivity contribution in [1.82, 2.24) is 0 Å². The Morgan fingerprint density at radius 1 is 1.09 bits per heavy atom. The van der Waals surface area contributed by atoms with Gasteiger partial charge in [-0.05, 0) is 35.4 Å². The summed E-state index contributed by atoms with van der Waals surface area (Å²) in [6.07, 6.45) is 0.188. The van der Waals surface area contributed by atoms with Crippen LogP contribution in [0, 0.1) is 0 Å². The van der Waals surface area contributed by atoms with Gasteiger partial charge in [0, 0.05) is 18.4 Å². The minimum Gasteiger partial charge on any atom is -0.380 e. The fourth-order valence-corrected chi connectivity index (χ4v) is 2.08. The standard InChI is InChI=1S/C17H18N2O3/c1-22-11-13-3-2-4-14(9-13)17(21)19-15-7-5-12(6-8-15)10-16(18)20/h2-9H,10-11H2,1H3,(H2,18,20)(H,19,21). The Bertz CT molecular complexity index is 666. The van der Waals surface area contributed by atoms with E-state index in [2.05, 4.69) is 5.32 Å². The molecule has 5 nitrogen and oxygen atoms in total. The van der Waals surface area contributed by atoms with Crippen LogP contribution < -0.4 is 11.1 Å².